The molecule has 1 N–H and O–H groups in total. The summed E-state index contributed by atoms with van der Waals surface area (Å²) in [6.45, 7) is -0.139. The third-order valence-electron chi connectivity index (χ3n) is 4.80. The Morgan fingerprint density at radius 3 is 2.52 bits per heavy atom. The second-order valence-corrected chi connectivity index (χ2v) is 7.81. The maximum Gasteiger partial charge on any atom is 0.271 e. The standard InChI is InChI=1S/C23H17N5O2S/c29-21(14-27-15-24-18-11-12-31-22(18)23(27)30)25-20-13-19(16-7-3-1-4-8-16)26-28(20)17-9-5-2-6-10-17/h1-13,15H,14H2,(H,25,29). The van der Waals surface area contributed by atoms with E-state index >= 15 is 0 Å². The molecule has 152 valence electrons. The first-order valence-corrected chi connectivity index (χ1v) is 10.5. The Balaban J connectivity index is 1.47. The Bertz CT molecular complexity index is 1420. The quantitative estimate of drug-likeness (QED) is 0.460. The van der Waals surface area contributed by atoms with Crippen molar-refractivity contribution in [3.05, 3.63) is 94.9 Å². The highest BCUT2D eigenvalue weighted by molar-refractivity contribution is 7.17. The molecule has 0 fully saturated rings. The smallest absolute Gasteiger partial charge is 0.271 e. The van der Waals surface area contributed by atoms with Crippen LogP contribution in [0.3, 0.4) is 0 Å². The molecule has 0 aliphatic carbocycles. The Morgan fingerprint density at radius 1 is 1.00 bits per heavy atom. The predicted molar refractivity (Wildman–Crippen MR) is 122 cm³/mol. The van der Waals surface area contributed by atoms with Gasteiger partial charge in [-0.3, -0.25) is 14.2 Å². The molecule has 5 rings (SSSR count). The minimum Gasteiger partial charge on any atom is -0.309 e. The van der Waals surface area contributed by atoms with Crippen LogP contribution in [0.5, 0.6) is 0 Å². The number of benzene rings is 2. The van der Waals surface area contributed by atoms with Crippen LogP contribution in [0.1, 0.15) is 0 Å². The number of rotatable bonds is 5. The second-order valence-electron chi connectivity index (χ2n) is 6.89. The lowest BCUT2D eigenvalue weighted by Gasteiger charge is -2.09. The van der Waals surface area contributed by atoms with Crippen molar-refractivity contribution in [2.45, 2.75) is 6.54 Å². The maximum absolute atomic E-state index is 12.8. The summed E-state index contributed by atoms with van der Waals surface area (Å²) in [6.07, 6.45) is 1.40. The summed E-state index contributed by atoms with van der Waals surface area (Å²) in [5.74, 6) is 0.185. The van der Waals surface area contributed by atoms with Crippen LogP contribution in [0.15, 0.2) is 89.3 Å². The molecular formula is C23H17N5O2S. The first-order valence-electron chi connectivity index (χ1n) is 9.62. The molecule has 2 aromatic carbocycles. The van der Waals surface area contributed by atoms with Gasteiger partial charge in [-0.15, -0.1) is 11.3 Å². The first-order chi connectivity index (χ1) is 15.2. The van der Waals surface area contributed by atoms with Crippen LogP contribution < -0.4 is 10.9 Å². The number of aromatic nitrogens is 4. The Hall–Kier alpha value is -4.04. The summed E-state index contributed by atoms with van der Waals surface area (Å²) in [7, 11) is 0. The van der Waals surface area contributed by atoms with E-state index in [1.807, 2.05) is 72.1 Å². The molecule has 31 heavy (non-hydrogen) atoms. The fraction of sp³-hybridized carbons (Fsp3) is 0.0435. The fourth-order valence-corrected chi connectivity index (χ4v) is 4.11. The second kappa shape index (κ2) is 8.00. The van der Waals surface area contributed by atoms with Crippen LogP contribution >= 0.6 is 11.3 Å². The highest BCUT2D eigenvalue weighted by Gasteiger charge is 2.15. The average Bonchev–Trinajstić information content (AvgIpc) is 3.45. The number of carbonyl (C=O) groups excluding carboxylic acids is 1. The van der Waals surface area contributed by atoms with Gasteiger partial charge in [0.05, 0.1) is 23.2 Å². The predicted octanol–water partition coefficient (Wildman–Crippen LogP) is 3.95. The van der Waals surface area contributed by atoms with Gasteiger partial charge in [0.25, 0.3) is 5.56 Å². The summed E-state index contributed by atoms with van der Waals surface area (Å²) in [5, 5.41) is 9.39. The highest BCUT2D eigenvalue weighted by Crippen LogP contribution is 2.24. The van der Waals surface area contributed by atoms with E-state index < -0.39 is 0 Å². The van der Waals surface area contributed by atoms with Gasteiger partial charge in [0.2, 0.25) is 5.91 Å². The van der Waals surface area contributed by atoms with Crippen LogP contribution in [-0.4, -0.2) is 25.2 Å². The van der Waals surface area contributed by atoms with Gasteiger partial charge in [0, 0.05) is 11.6 Å². The minimum atomic E-state index is -0.337. The van der Waals surface area contributed by atoms with E-state index in [2.05, 4.69) is 15.4 Å². The highest BCUT2D eigenvalue weighted by atomic mass is 32.1. The van der Waals surface area contributed by atoms with Crippen LogP contribution in [0.4, 0.5) is 5.82 Å². The summed E-state index contributed by atoms with van der Waals surface area (Å²) < 4.78 is 3.54. The number of amides is 1. The number of nitrogens with one attached hydrogen (secondary N) is 1. The van der Waals surface area contributed by atoms with Gasteiger partial charge in [0.15, 0.2) is 0 Å². The molecule has 0 spiro atoms. The van der Waals surface area contributed by atoms with Crippen molar-refractivity contribution in [3.63, 3.8) is 0 Å². The van der Waals surface area contributed by atoms with Crippen LogP contribution in [-0.2, 0) is 11.3 Å². The number of fused-ring (bicyclic) bond motifs is 1. The zero-order valence-electron chi connectivity index (χ0n) is 16.3. The summed E-state index contributed by atoms with van der Waals surface area (Å²) in [5.41, 5.74) is 2.91. The Morgan fingerprint density at radius 2 is 1.74 bits per heavy atom. The van der Waals surface area contributed by atoms with E-state index in [1.165, 1.54) is 22.2 Å². The number of hydrogen-bond donors (Lipinski definition) is 1. The third kappa shape index (κ3) is 3.76. The van der Waals surface area contributed by atoms with Crippen molar-refractivity contribution < 1.29 is 4.79 Å². The SMILES string of the molecule is O=C(Cn1cnc2ccsc2c1=O)Nc1cc(-c2ccccc2)nn1-c1ccccc1. The van der Waals surface area contributed by atoms with Crippen molar-refractivity contribution in [1.82, 2.24) is 19.3 Å². The maximum atomic E-state index is 12.8. The lowest BCUT2D eigenvalue weighted by molar-refractivity contribution is -0.116. The molecule has 0 aliphatic heterocycles. The summed E-state index contributed by atoms with van der Waals surface area (Å²) in [6, 6.07) is 22.9. The average molecular weight is 427 g/mol. The van der Waals surface area contributed by atoms with Crippen LogP contribution in [0.25, 0.3) is 27.2 Å². The Labute approximate surface area is 181 Å². The molecule has 0 unspecified atom stereocenters. The van der Waals surface area contributed by atoms with E-state index in [1.54, 1.807) is 10.7 Å². The number of thiophene rings is 1. The number of hydrogen-bond acceptors (Lipinski definition) is 5. The third-order valence-corrected chi connectivity index (χ3v) is 5.69. The van der Waals surface area contributed by atoms with E-state index in [0.717, 1.165) is 16.9 Å². The Kier molecular flexibility index (Phi) is 4.89. The minimum absolute atomic E-state index is 0.139. The normalized spacial score (nSPS) is 11.0. The molecular weight excluding hydrogens is 410 g/mol. The van der Waals surface area contributed by atoms with E-state index in [-0.39, 0.29) is 18.0 Å². The van der Waals surface area contributed by atoms with Crippen molar-refractivity contribution in [2.24, 2.45) is 0 Å². The van der Waals surface area contributed by atoms with Gasteiger partial charge in [0.1, 0.15) is 17.1 Å². The zero-order valence-corrected chi connectivity index (χ0v) is 17.1. The number of nitrogens with zero attached hydrogens (tertiary/aromatic N) is 4. The van der Waals surface area contributed by atoms with Gasteiger partial charge in [-0.2, -0.15) is 5.10 Å². The van der Waals surface area contributed by atoms with Gasteiger partial charge in [-0.05, 0) is 23.6 Å². The lowest BCUT2D eigenvalue weighted by atomic mass is 10.2. The van der Waals surface area contributed by atoms with Crippen LogP contribution in [0.2, 0.25) is 0 Å². The van der Waals surface area contributed by atoms with Gasteiger partial charge >= 0.3 is 0 Å². The van der Waals surface area contributed by atoms with Gasteiger partial charge in [-0.25, -0.2) is 9.67 Å². The van der Waals surface area contributed by atoms with E-state index in [4.69, 9.17) is 0 Å². The number of para-hydroxylation sites is 1. The topological polar surface area (TPSA) is 81.8 Å². The number of anilines is 1. The van der Waals surface area contributed by atoms with Crippen molar-refractivity contribution in [1.29, 1.82) is 0 Å². The fourth-order valence-electron chi connectivity index (χ4n) is 3.31. The number of carbonyl (C=O) groups is 1. The van der Waals surface area contributed by atoms with Gasteiger partial charge < -0.3 is 5.32 Å². The van der Waals surface area contributed by atoms with Crippen molar-refractivity contribution in [3.8, 4) is 16.9 Å². The molecule has 1 amide bonds. The van der Waals surface area contributed by atoms with E-state index in [0.29, 0.717) is 16.0 Å². The monoisotopic (exact) mass is 427 g/mol. The zero-order chi connectivity index (χ0) is 21.2. The molecule has 0 saturated carbocycles. The molecule has 0 saturated heterocycles. The lowest BCUT2D eigenvalue weighted by Crippen LogP contribution is -2.28. The molecule has 0 aliphatic rings. The largest absolute Gasteiger partial charge is 0.309 e. The van der Waals surface area contributed by atoms with Crippen molar-refractivity contribution in [2.75, 3.05) is 5.32 Å². The molecule has 5 aromatic rings. The molecule has 7 nitrogen and oxygen atoms in total. The molecule has 0 radical (unpaired) electrons. The molecule has 0 atom stereocenters. The summed E-state index contributed by atoms with van der Waals surface area (Å²) in [4.78, 5) is 29.6. The summed E-state index contributed by atoms with van der Waals surface area (Å²) >= 11 is 1.32. The first kappa shape index (κ1) is 19.0. The molecule has 3 aromatic heterocycles. The van der Waals surface area contributed by atoms with E-state index in [9.17, 15) is 9.59 Å². The van der Waals surface area contributed by atoms with Gasteiger partial charge in [-0.1, -0.05) is 48.5 Å². The molecule has 3 heterocycles. The van der Waals surface area contributed by atoms with Crippen LogP contribution in [0, 0.1) is 0 Å². The van der Waals surface area contributed by atoms with Crippen molar-refractivity contribution >= 4 is 33.3 Å². The molecule has 8 heteroatoms. The molecule has 0 bridgehead atoms.